The van der Waals surface area contributed by atoms with Crippen LogP contribution >= 0.6 is 0 Å². The van der Waals surface area contributed by atoms with E-state index in [4.69, 9.17) is 19.3 Å². The first-order valence-corrected chi connectivity index (χ1v) is 4.75. The molecule has 0 aromatic rings. The Kier molecular flexibility index (Phi) is 4.04. The minimum Gasteiger partial charge on any atom is -0.480 e. The van der Waals surface area contributed by atoms with Crippen LogP contribution in [0.3, 0.4) is 0 Å². The molecule has 2 N–H and O–H groups in total. The fourth-order valence-electron chi connectivity index (χ4n) is 1.46. The van der Waals surface area contributed by atoms with Crippen molar-refractivity contribution in [2.75, 3.05) is 20.8 Å². The lowest BCUT2D eigenvalue weighted by atomic mass is 10.2. The number of carbonyl (C=O) groups is 1. The summed E-state index contributed by atoms with van der Waals surface area (Å²) in [6, 6.07) is -0.548. The standard InChI is InChI=1S/C9H17NO5/c1-9(13-2,14-3)15-6-4-7(8(11)12)10-5-6/h6-7,10H,4-5H2,1-3H3,(H,11,12)/t6?,7-/m0/s1. The first kappa shape index (κ1) is 12.4. The largest absolute Gasteiger partial charge is 0.480 e. The Hall–Kier alpha value is -0.690. The predicted octanol–water partition coefficient (Wildman–Crippen LogP) is -0.215. The summed E-state index contributed by atoms with van der Waals surface area (Å²) < 4.78 is 15.6. The Morgan fingerprint density at radius 3 is 2.47 bits per heavy atom. The molecule has 1 saturated heterocycles. The molecule has 0 saturated carbocycles. The Balaban J connectivity index is 2.44. The van der Waals surface area contributed by atoms with Gasteiger partial charge in [0.15, 0.2) is 0 Å². The van der Waals surface area contributed by atoms with Crippen molar-refractivity contribution in [3.63, 3.8) is 0 Å². The fourth-order valence-corrected chi connectivity index (χ4v) is 1.46. The fraction of sp³-hybridized carbons (Fsp3) is 0.889. The number of carboxylic acid groups (broad SMARTS) is 1. The quantitative estimate of drug-likeness (QED) is 0.623. The third-order valence-corrected chi connectivity index (χ3v) is 2.51. The molecule has 2 atom stereocenters. The molecule has 0 radical (unpaired) electrons. The maximum absolute atomic E-state index is 10.7. The zero-order chi connectivity index (χ0) is 11.5. The van der Waals surface area contributed by atoms with Gasteiger partial charge in [-0.25, -0.2) is 0 Å². The highest BCUT2D eigenvalue weighted by atomic mass is 16.9. The average Bonchev–Trinajstić information content (AvgIpc) is 2.66. The lowest BCUT2D eigenvalue weighted by Crippen LogP contribution is -2.38. The molecule has 1 fully saturated rings. The second-order valence-electron chi connectivity index (χ2n) is 3.55. The minimum atomic E-state index is -1.11. The molecular formula is C9H17NO5. The molecule has 1 aliphatic rings. The number of aliphatic carboxylic acids is 1. The molecule has 88 valence electrons. The van der Waals surface area contributed by atoms with Gasteiger partial charge >= 0.3 is 5.97 Å². The number of hydrogen-bond donors (Lipinski definition) is 2. The van der Waals surface area contributed by atoms with E-state index in [0.29, 0.717) is 13.0 Å². The van der Waals surface area contributed by atoms with Crippen molar-refractivity contribution in [3.8, 4) is 0 Å². The van der Waals surface area contributed by atoms with Gasteiger partial charge in [-0.05, 0) is 0 Å². The second kappa shape index (κ2) is 4.89. The van der Waals surface area contributed by atoms with Crippen molar-refractivity contribution in [1.82, 2.24) is 5.32 Å². The first-order valence-electron chi connectivity index (χ1n) is 4.75. The summed E-state index contributed by atoms with van der Waals surface area (Å²) >= 11 is 0. The van der Waals surface area contributed by atoms with Crippen LogP contribution in [0.25, 0.3) is 0 Å². The van der Waals surface area contributed by atoms with E-state index in [0.717, 1.165) is 0 Å². The van der Waals surface area contributed by atoms with Crippen molar-refractivity contribution in [1.29, 1.82) is 0 Å². The summed E-state index contributed by atoms with van der Waals surface area (Å²) in [5.74, 6) is -1.97. The number of carboxylic acids is 1. The van der Waals surface area contributed by atoms with Gasteiger partial charge in [0.2, 0.25) is 0 Å². The van der Waals surface area contributed by atoms with Crippen LogP contribution in [0.15, 0.2) is 0 Å². The molecular weight excluding hydrogens is 202 g/mol. The minimum absolute atomic E-state index is 0.212. The topological polar surface area (TPSA) is 77.0 Å². The third-order valence-electron chi connectivity index (χ3n) is 2.51. The highest BCUT2D eigenvalue weighted by Crippen LogP contribution is 2.20. The predicted molar refractivity (Wildman–Crippen MR) is 51.3 cm³/mol. The van der Waals surface area contributed by atoms with Gasteiger partial charge < -0.3 is 24.6 Å². The molecule has 15 heavy (non-hydrogen) atoms. The molecule has 6 heteroatoms. The van der Waals surface area contributed by atoms with Crippen molar-refractivity contribution in [3.05, 3.63) is 0 Å². The van der Waals surface area contributed by atoms with Crippen LogP contribution < -0.4 is 5.32 Å². The summed E-state index contributed by atoms with van der Waals surface area (Å²) in [7, 11) is 2.95. The van der Waals surface area contributed by atoms with E-state index in [2.05, 4.69) is 5.32 Å². The number of rotatable bonds is 5. The Morgan fingerprint density at radius 2 is 2.07 bits per heavy atom. The van der Waals surface area contributed by atoms with Gasteiger partial charge in [0.25, 0.3) is 5.97 Å². The lowest BCUT2D eigenvalue weighted by Gasteiger charge is -2.29. The van der Waals surface area contributed by atoms with Crippen LogP contribution in [0.4, 0.5) is 0 Å². The summed E-state index contributed by atoms with van der Waals surface area (Å²) in [4.78, 5) is 10.7. The van der Waals surface area contributed by atoms with Crippen molar-refractivity contribution in [2.45, 2.75) is 31.5 Å². The first-order chi connectivity index (χ1) is 7.00. The monoisotopic (exact) mass is 219 g/mol. The molecule has 0 aromatic carbocycles. The van der Waals surface area contributed by atoms with E-state index in [1.807, 2.05) is 0 Å². The molecule has 0 amide bonds. The smallest absolute Gasteiger partial charge is 0.320 e. The second-order valence-corrected chi connectivity index (χ2v) is 3.55. The molecule has 1 unspecified atom stereocenters. The Labute approximate surface area is 88.5 Å². The van der Waals surface area contributed by atoms with Crippen LogP contribution in [0.5, 0.6) is 0 Å². The van der Waals surface area contributed by atoms with E-state index in [1.54, 1.807) is 6.92 Å². The average molecular weight is 219 g/mol. The van der Waals surface area contributed by atoms with Gasteiger partial charge in [-0.1, -0.05) is 0 Å². The van der Waals surface area contributed by atoms with Crippen LogP contribution in [0.2, 0.25) is 0 Å². The van der Waals surface area contributed by atoms with Crippen molar-refractivity contribution < 1.29 is 24.1 Å². The molecule has 0 spiro atoms. The number of nitrogens with one attached hydrogen (secondary N) is 1. The maximum atomic E-state index is 10.7. The highest BCUT2D eigenvalue weighted by Gasteiger charge is 2.35. The third kappa shape index (κ3) is 3.13. The van der Waals surface area contributed by atoms with Crippen LogP contribution in [-0.4, -0.2) is 50.0 Å². The Morgan fingerprint density at radius 1 is 1.47 bits per heavy atom. The van der Waals surface area contributed by atoms with E-state index in [-0.39, 0.29) is 6.10 Å². The Bertz CT molecular complexity index is 229. The van der Waals surface area contributed by atoms with Gasteiger partial charge in [-0.2, -0.15) is 0 Å². The van der Waals surface area contributed by atoms with Crippen LogP contribution in [-0.2, 0) is 19.0 Å². The van der Waals surface area contributed by atoms with Crippen molar-refractivity contribution >= 4 is 5.97 Å². The van der Waals surface area contributed by atoms with E-state index in [1.165, 1.54) is 14.2 Å². The van der Waals surface area contributed by atoms with Gasteiger partial charge in [0.05, 0.1) is 6.10 Å². The van der Waals surface area contributed by atoms with Gasteiger partial charge in [-0.15, -0.1) is 0 Å². The molecule has 0 aliphatic carbocycles. The van der Waals surface area contributed by atoms with E-state index in [9.17, 15) is 4.79 Å². The highest BCUT2D eigenvalue weighted by molar-refractivity contribution is 5.73. The summed E-state index contributed by atoms with van der Waals surface area (Å²) in [5, 5.41) is 11.6. The molecule has 0 aromatic heterocycles. The van der Waals surface area contributed by atoms with E-state index < -0.39 is 18.0 Å². The summed E-state index contributed by atoms with van der Waals surface area (Å²) in [6.45, 7) is 2.13. The zero-order valence-electron chi connectivity index (χ0n) is 9.15. The van der Waals surface area contributed by atoms with E-state index >= 15 is 0 Å². The van der Waals surface area contributed by atoms with Gasteiger partial charge in [-0.3, -0.25) is 4.79 Å². The summed E-state index contributed by atoms with van der Waals surface area (Å²) in [6.07, 6.45) is 0.202. The maximum Gasteiger partial charge on any atom is 0.320 e. The number of ether oxygens (including phenoxy) is 3. The SMILES string of the molecule is COC(C)(OC)OC1CN[C@H](C(=O)O)C1. The zero-order valence-corrected chi connectivity index (χ0v) is 9.15. The molecule has 1 aliphatic heterocycles. The normalized spacial score (nSPS) is 26.9. The van der Waals surface area contributed by atoms with Crippen LogP contribution in [0.1, 0.15) is 13.3 Å². The lowest BCUT2D eigenvalue weighted by molar-refractivity contribution is -0.363. The van der Waals surface area contributed by atoms with Crippen molar-refractivity contribution in [2.24, 2.45) is 0 Å². The van der Waals surface area contributed by atoms with Gasteiger partial charge in [0, 0.05) is 34.1 Å². The number of methoxy groups -OCH3 is 2. The number of hydrogen-bond acceptors (Lipinski definition) is 5. The van der Waals surface area contributed by atoms with Gasteiger partial charge in [0.1, 0.15) is 6.04 Å². The molecule has 1 rings (SSSR count). The molecule has 1 heterocycles. The molecule has 6 nitrogen and oxygen atoms in total. The van der Waals surface area contributed by atoms with Crippen LogP contribution in [0, 0.1) is 0 Å². The summed E-state index contributed by atoms with van der Waals surface area (Å²) in [5.41, 5.74) is 0. The molecule has 0 bridgehead atoms.